The lowest BCUT2D eigenvalue weighted by atomic mass is 10.0. The van der Waals surface area contributed by atoms with Crippen molar-refractivity contribution in [3.63, 3.8) is 0 Å². The van der Waals surface area contributed by atoms with E-state index in [9.17, 15) is 22.7 Å². The number of methoxy groups -OCH3 is 1. The molecule has 3 aromatic carbocycles. The molecule has 0 aliphatic heterocycles. The molecular formula is C26H30FN3O5S. The summed E-state index contributed by atoms with van der Waals surface area (Å²) in [5.41, 5.74) is 1.88. The highest BCUT2D eigenvalue weighted by molar-refractivity contribution is 7.89. The van der Waals surface area contributed by atoms with E-state index >= 15 is 0 Å². The molecule has 0 saturated heterocycles. The van der Waals surface area contributed by atoms with E-state index in [0.29, 0.717) is 18.7 Å². The minimum atomic E-state index is -4.01. The monoisotopic (exact) mass is 515 g/mol. The number of ether oxygens (including phenoxy) is 1. The van der Waals surface area contributed by atoms with Crippen molar-refractivity contribution >= 4 is 15.9 Å². The zero-order valence-electron chi connectivity index (χ0n) is 19.9. The van der Waals surface area contributed by atoms with E-state index in [1.165, 1.54) is 0 Å². The third-order valence-electron chi connectivity index (χ3n) is 5.47. The Morgan fingerprint density at radius 1 is 1.00 bits per heavy atom. The van der Waals surface area contributed by atoms with Gasteiger partial charge in [0.1, 0.15) is 11.6 Å². The van der Waals surface area contributed by atoms with Crippen molar-refractivity contribution in [1.29, 1.82) is 0 Å². The van der Waals surface area contributed by atoms with Crippen LogP contribution in [0.25, 0.3) is 0 Å². The number of carbonyl (C=O) groups excluding carboxylic acids is 1. The zero-order chi connectivity index (χ0) is 26.0. The van der Waals surface area contributed by atoms with Crippen molar-refractivity contribution in [2.24, 2.45) is 0 Å². The molecular weight excluding hydrogens is 485 g/mol. The Hall–Kier alpha value is -3.31. The lowest BCUT2D eigenvalue weighted by Crippen LogP contribution is -2.51. The van der Waals surface area contributed by atoms with Crippen LogP contribution >= 0.6 is 0 Å². The summed E-state index contributed by atoms with van der Waals surface area (Å²) in [5.74, 6) is -0.543. The molecule has 0 aromatic heterocycles. The van der Waals surface area contributed by atoms with Crippen molar-refractivity contribution in [3.05, 3.63) is 95.8 Å². The summed E-state index contributed by atoms with van der Waals surface area (Å²) in [4.78, 5) is 12.5. The predicted molar refractivity (Wildman–Crippen MR) is 134 cm³/mol. The van der Waals surface area contributed by atoms with E-state index in [1.54, 1.807) is 19.2 Å². The number of amides is 1. The molecule has 10 heteroatoms. The van der Waals surface area contributed by atoms with E-state index in [2.05, 4.69) is 15.4 Å². The molecule has 8 nitrogen and oxygen atoms in total. The van der Waals surface area contributed by atoms with E-state index in [4.69, 9.17) is 4.74 Å². The van der Waals surface area contributed by atoms with Crippen LogP contribution < -0.4 is 20.1 Å². The number of nitrogens with one attached hydrogen (secondary N) is 3. The van der Waals surface area contributed by atoms with Gasteiger partial charge in [-0.15, -0.1) is 0 Å². The molecule has 0 fully saturated rings. The van der Waals surface area contributed by atoms with Crippen molar-refractivity contribution in [2.75, 3.05) is 20.2 Å². The molecule has 3 rings (SSSR count). The quantitative estimate of drug-likeness (QED) is 0.277. The van der Waals surface area contributed by atoms with Gasteiger partial charge in [0, 0.05) is 13.1 Å². The lowest BCUT2D eigenvalue weighted by Gasteiger charge is -2.25. The second-order valence-corrected chi connectivity index (χ2v) is 9.96. The standard InChI is InChI=1S/C26H30FN3O5S/c1-35-22-9-5-8-20(14-22)15-24(25(31)17-28-16-19-6-3-2-4-7-19)30-26(32)18-29-36(33,34)23-12-10-21(27)11-13-23/h2-14,24-25,28-29,31H,15-18H2,1H3,(H,30,32)/t24-,25+/m0/s1. The average Bonchev–Trinajstić information content (AvgIpc) is 2.88. The predicted octanol–water partition coefficient (Wildman–Crippen LogP) is 1.99. The highest BCUT2D eigenvalue weighted by Crippen LogP contribution is 2.15. The van der Waals surface area contributed by atoms with Gasteiger partial charge in [0.15, 0.2) is 0 Å². The maximum atomic E-state index is 13.1. The Balaban J connectivity index is 1.63. The van der Waals surface area contributed by atoms with Crippen LogP contribution in [0.4, 0.5) is 4.39 Å². The second-order valence-electron chi connectivity index (χ2n) is 8.19. The van der Waals surface area contributed by atoms with Gasteiger partial charge in [-0.05, 0) is 53.9 Å². The zero-order valence-corrected chi connectivity index (χ0v) is 20.7. The number of benzene rings is 3. The topological polar surface area (TPSA) is 117 Å². The summed E-state index contributed by atoms with van der Waals surface area (Å²) in [7, 11) is -2.46. The molecule has 4 N–H and O–H groups in total. The van der Waals surface area contributed by atoms with Gasteiger partial charge in [-0.3, -0.25) is 4.79 Å². The second kappa shape index (κ2) is 13.1. The Morgan fingerprint density at radius 2 is 1.69 bits per heavy atom. The summed E-state index contributed by atoms with van der Waals surface area (Å²) in [6.07, 6.45) is -0.667. The molecule has 1 amide bonds. The third kappa shape index (κ3) is 8.42. The van der Waals surface area contributed by atoms with Gasteiger partial charge in [-0.2, -0.15) is 0 Å². The molecule has 0 aliphatic carbocycles. The first kappa shape index (κ1) is 27.3. The van der Waals surface area contributed by atoms with Crippen molar-refractivity contribution in [1.82, 2.24) is 15.4 Å². The molecule has 0 aliphatic rings. The highest BCUT2D eigenvalue weighted by atomic mass is 32.2. The highest BCUT2D eigenvalue weighted by Gasteiger charge is 2.23. The minimum absolute atomic E-state index is 0.158. The van der Waals surface area contributed by atoms with Gasteiger partial charge >= 0.3 is 0 Å². The van der Waals surface area contributed by atoms with Gasteiger partial charge in [0.2, 0.25) is 15.9 Å². The molecule has 36 heavy (non-hydrogen) atoms. The summed E-state index contributed by atoms with van der Waals surface area (Å²) >= 11 is 0. The number of rotatable bonds is 13. The fraction of sp³-hybridized carbons (Fsp3) is 0.269. The van der Waals surface area contributed by atoms with Gasteiger partial charge in [0.05, 0.1) is 30.7 Å². The van der Waals surface area contributed by atoms with Crippen LogP contribution in [0.15, 0.2) is 83.8 Å². The van der Waals surface area contributed by atoms with E-state index in [-0.39, 0.29) is 11.4 Å². The number of halogens is 1. The van der Waals surface area contributed by atoms with Crippen molar-refractivity contribution in [2.45, 2.75) is 30.0 Å². The molecule has 0 heterocycles. The number of carbonyl (C=O) groups is 1. The van der Waals surface area contributed by atoms with Gasteiger partial charge in [-0.1, -0.05) is 42.5 Å². The molecule has 3 aromatic rings. The number of sulfonamides is 1. The van der Waals surface area contributed by atoms with Crippen molar-refractivity contribution in [3.8, 4) is 5.75 Å². The Morgan fingerprint density at radius 3 is 2.39 bits per heavy atom. The van der Waals surface area contributed by atoms with Gasteiger partial charge < -0.3 is 20.5 Å². The SMILES string of the molecule is COc1cccc(C[C@H](NC(=O)CNS(=O)(=O)c2ccc(F)cc2)[C@H](O)CNCc2ccccc2)c1. The number of hydrogen-bond donors (Lipinski definition) is 4. The summed E-state index contributed by atoms with van der Waals surface area (Å²) < 4.78 is 45.4. The Bertz CT molecular complexity index is 1220. The number of aliphatic hydroxyl groups is 1. The molecule has 192 valence electrons. The number of hydrogen-bond acceptors (Lipinski definition) is 6. The summed E-state index contributed by atoms with van der Waals surface area (Å²) in [6, 6.07) is 20.5. The van der Waals surface area contributed by atoms with Crippen LogP contribution in [0.1, 0.15) is 11.1 Å². The molecule has 0 radical (unpaired) electrons. The largest absolute Gasteiger partial charge is 0.497 e. The fourth-order valence-corrected chi connectivity index (χ4v) is 4.54. The molecule has 0 bridgehead atoms. The maximum absolute atomic E-state index is 13.1. The summed E-state index contributed by atoms with van der Waals surface area (Å²) in [6.45, 7) is 0.193. The van der Waals surface area contributed by atoms with Crippen LogP contribution in [0.5, 0.6) is 5.75 Å². The fourth-order valence-electron chi connectivity index (χ4n) is 3.55. The van der Waals surface area contributed by atoms with E-state index in [1.807, 2.05) is 42.5 Å². The van der Waals surface area contributed by atoms with Crippen LogP contribution in [0.2, 0.25) is 0 Å². The van der Waals surface area contributed by atoms with Gasteiger partial charge in [0.25, 0.3) is 0 Å². The number of aliphatic hydroxyl groups excluding tert-OH is 1. The van der Waals surface area contributed by atoms with Crippen LogP contribution in [-0.2, 0) is 27.8 Å². The van der Waals surface area contributed by atoms with Crippen LogP contribution in [-0.4, -0.2) is 51.8 Å². The van der Waals surface area contributed by atoms with Crippen LogP contribution in [0.3, 0.4) is 0 Å². The summed E-state index contributed by atoms with van der Waals surface area (Å²) in [5, 5.41) is 16.8. The van der Waals surface area contributed by atoms with Crippen LogP contribution in [0, 0.1) is 5.82 Å². The first-order valence-corrected chi connectivity index (χ1v) is 12.9. The average molecular weight is 516 g/mol. The lowest BCUT2D eigenvalue weighted by molar-refractivity contribution is -0.121. The molecule has 0 saturated carbocycles. The molecule has 0 unspecified atom stereocenters. The molecule has 2 atom stereocenters. The Labute approximate surface area is 210 Å². The first-order valence-electron chi connectivity index (χ1n) is 11.4. The van der Waals surface area contributed by atoms with E-state index in [0.717, 1.165) is 35.4 Å². The smallest absolute Gasteiger partial charge is 0.241 e. The third-order valence-corrected chi connectivity index (χ3v) is 6.89. The molecule has 0 spiro atoms. The normalized spacial score (nSPS) is 13.1. The van der Waals surface area contributed by atoms with E-state index < -0.39 is 40.4 Å². The van der Waals surface area contributed by atoms with Gasteiger partial charge in [-0.25, -0.2) is 17.5 Å². The minimum Gasteiger partial charge on any atom is -0.497 e. The van der Waals surface area contributed by atoms with Crippen molar-refractivity contribution < 1.29 is 27.4 Å². The maximum Gasteiger partial charge on any atom is 0.241 e. The Kier molecular flexibility index (Phi) is 9.95. The first-order chi connectivity index (χ1) is 17.3.